The zero-order chi connectivity index (χ0) is 12.7. The summed E-state index contributed by atoms with van der Waals surface area (Å²) in [5, 5.41) is 1.24. The maximum absolute atomic E-state index is 4.61. The van der Waals surface area contributed by atoms with Gasteiger partial charge in [-0.05, 0) is 53.2 Å². The Morgan fingerprint density at radius 1 is 1.26 bits per heavy atom. The van der Waals surface area contributed by atoms with Gasteiger partial charge in [0.1, 0.15) is 5.84 Å². The number of H-pyrrole nitrogens is 1. The monoisotopic (exact) mass is 267 g/mol. The molecule has 3 heterocycles. The van der Waals surface area contributed by atoms with E-state index in [2.05, 4.69) is 56.9 Å². The van der Waals surface area contributed by atoms with Crippen molar-refractivity contribution >= 4 is 34.3 Å². The van der Waals surface area contributed by atoms with Gasteiger partial charge in [-0.25, -0.2) is 0 Å². The first kappa shape index (κ1) is 10.9. The molecule has 4 rings (SSSR count). The molecule has 0 unspecified atom stereocenters. The molecule has 2 aromatic rings. The standard InChI is InChI=1S/C15H13N3S/c1-2-13(15-17-19-9-8-18(15)7-1)11-3-4-14-12(10-11)5-6-16-14/h1-7,10,16H,8-9H2. The molecule has 2 aliphatic rings. The van der Waals surface area contributed by atoms with Crippen LogP contribution in [0.5, 0.6) is 0 Å². The highest BCUT2D eigenvalue weighted by Crippen LogP contribution is 2.28. The van der Waals surface area contributed by atoms with Gasteiger partial charge in [0.25, 0.3) is 0 Å². The van der Waals surface area contributed by atoms with E-state index >= 15 is 0 Å². The first-order valence-corrected chi connectivity index (χ1v) is 7.29. The molecule has 1 aromatic carbocycles. The summed E-state index contributed by atoms with van der Waals surface area (Å²) in [7, 11) is 0. The number of benzene rings is 1. The molecule has 0 saturated carbocycles. The van der Waals surface area contributed by atoms with Gasteiger partial charge in [-0.2, -0.15) is 4.40 Å². The lowest BCUT2D eigenvalue weighted by Gasteiger charge is -2.29. The quantitative estimate of drug-likeness (QED) is 0.802. The molecule has 1 N–H and O–H groups in total. The fraction of sp³-hybridized carbons (Fsp3) is 0.133. The third kappa shape index (κ3) is 1.79. The molecule has 0 fully saturated rings. The fourth-order valence-corrected chi connectivity index (χ4v) is 3.21. The second kappa shape index (κ2) is 4.31. The van der Waals surface area contributed by atoms with E-state index in [1.165, 1.54) is 22.0 Å². The van der Waals surface area contributed by atoms with Crippen LogP contribution in [-0.2, 0) is 0 Å². The number of nitrogens with one attached hydrogen (secondary N) is 1. The van der Waals surface area contributed by atoms with Crippen LogP contribution in [0.4, 0.5) is 0 Å². The third-order valence-electron chi connectivity index (χ3n) is 3.48. The average Bonchev–Trinajstić information content (AvgIpc) is 2.94. The van der Waals surface area contributed by atoms with Crippen LogP contribution in [0.25, 0.3) is 16.5 Å². The van der Waals surface area contributed by atoms with E-state index in [0.29, 0.717) is 0 Å². The van der Waals surface area contributed by atoms with E-state index < -0.39 is 0 Å². The van der Waals surface area contributed by atoms with Crippen LogP contribution >= 0.6 is 11.9 Å². The number of hydrogen-bond donors (Lipinski definition) is 1. The Labute approximate surface area is 115 Å². The van der Waals surface area contributed by atoms with Crippen molar-refractivity contribution in [1.82, 2.24) is 9.88 Å². The number of aromatic nitrogens is 1. The van der Waals surface area contributed by atoms with Crippen molar-refractivity contribution in [2.45, 2.75) is 0 Å². The van der Waals surface area contributed by atoms with Crippen LogP contribution in [-0.4, -0.2) is 28.0 Å². The first-order valence-electron chi connectivity index (χ1n) is 6.35. The van der Waals surface area contributed by atoms with Gasteiger partial charge in [0.2, 0.25) is 0 Å². The summed E-state index contributed by atoms with van der Waals surface area (Å²) < 4.78 is 4.61. The summed E-state index contributed by atoms with van der Waals surface area (Å²) in [5.74, 6) is 2.13. The minimum absolute atomic E-state index is 1.03. The molecule has 0 spiro atoms. The van der Waals surface area contributed by atoms with Crippen molar-refractivity contribution in [3.63, 3.8) is 0 Å². The van der Waals surface area contributed by atoms with E-state index in [0.717, 1.165) is 18.1 Å². The van der Waals surface area contributed by atoms with Gasteiger partial charge in [0, 0.05) is 35.8 Å². The largest absolute Gasteiger partial charge is 0.361 e. The summed E-state index contributed by atoms with van der Waals surface area (Å²) in [6, 6.07) is 8.61. The van der Waals surface area contributed by atoms with Crippen LogP contribution in [0, 0.1) is 0 Å². The number of amidine groups is 1. The summed E-state index contributed by atoms with van der Waals surface area (Å²) in [4.78, 5) is 5.46. The molecule has 0 amide bonds. The van der Waals surface area contributed by atoms with Crippen LogP contribution < -0.4 is 0 Å². The maximum Gasteiger partial charge on any atom is 0.148 e. The van der Waals surface area contributed by atoms with E-state index in [9.17, 15) is 0 Å². The highest BCUT2D eigenvalue weighted by atomic mass is 32.2. The average molecular weight is 267 g/mol. The minimum atomic E-state index is 1.03. The topological polar surface area (TPSA) is 31.4 Å². The fourth-order valence-electron chi connectivity index (χ4n) is 2.52. The SMILES string of the molecule is C1=CN2CCSN=C2C(c2ccc3[nH]ccc3c2)=C1. The van der Waals surface area contributed by atoms with Gasteiger partial charge >= 0.3 is 0 Å². The normalized spacial score (nSPS) is 18.2. The Balaban J connectivity index is 1.84. The first-order chi connectivity index (χ1) is 9.42. The van der Waals surface area contributed by atoms with Gasteiger partial charge in [0.05, 0.1) is 0 Å². The van der Waals surface area contributed by atoms with Crippen LogP contribution in [0.1, 0.15) is 5.56 Å². The Bertz CT molecular complexity index is 724. The Morgan fingerprint density at radius 3 is 3.26 bits per heavy atom. The predicted octanol–water partition coefficient (Wildman–Crippen LogP) is 3.44. The Morgan fingerprint density at radius 2 is 2.26 bits per heavy atom. The number of nitrogens with zero attached hydrogens (tertiary/aromatic N) is 2. The second-order valence-corrected chi connectivity index (χ2v) is 5.49. The van der Waals surface area contributed by atoms with Crippen LogP contribution in [0.3, 0.4) is 0 Å². The van der Waals surface area contributed by atoms with Crippen LogP contribution in [0.2, 0.25) is 0 Å². The predicted molar refractivity (Wildman–Crippen MR) is 82.0 cm³/mol. The molecular formula is C15H13N3S. The molecule has 0 bridgehead atoms. The zero-order valence-electron chi connectivity index (χ0n) is 10.3. The second-order valence-electron chi connectivity index (χ2n) is 4.64. The molecule has 0 aliphatic carbocycles. The van der Waals surface area contributed by atoms with E-state index in [-0.39, 0.29) is 0 Å². The summed E-state index contributed by atoms with van der Waals surface area (Å²) in [6.45, 7) is 1.03. The van der Waals surface area contributed by atoms with Gasteiger partial charge in [-0.15, -0.1) is 0 Å². The van der Waals surface area contributed by atoms with E-state index in [4.69, 9.17) is 0 Å². The van der Waals surface area contributed by atoms with Crippen molar-refractivity contribution in [3.05, 3.63) is 54.4 Å². The van der Waals surface area contributed by atoms with E-state index in [1.807, 2.05) is 6.20 Å². The minimum Gasteiger partial charge on any atom is -0.361 e. The molecule has 2 aliphatic heterocycles. The third-order valence-corrected chi connectivity index (χ3v) is 4.15. The van der Waals surface area contributed by atoms with Gasteiger partial charge in [0.15, 0.2) is 0 Å². The molecule has 1 aromatic heterocycles. The molecule has 4 heteroatoms. The summed E-state index contributed by atoms with van der Waals surface area (Å²) >= 11 is 1.65. The maximum atomic E-state index is 4.61. The lowest BCUT2D eigenvalue weighted by Crippen LogP contribution is -2.32. The lowest BCUT2D eigenvalue weighted by atomic mass is 10.0. The van der Waals surface area contributed by atoms with Crippen molar-refractivity contribution in [1.29, 1.82) is 0 Å². The van der Waals surface area contributed by atoms with Gasteiger partial charge in [-0.1, -0.05) is 6.07 Å². The van der Waals surface area contributed by atoms with Gasteiger partial charge in [-0.3, -0.25) is 0 Å². The molecule has 94 valence electrons. The molecule has 0 atom stereocenters. The smallest absolute Gasteiger partial charge is 0.148 e. The molecule has 0 saturated heterocycles. The van der Waals surface area contributed by atoms with Crippen molar-refractivity contribution < 1.29 is 0 Å². The van der Waals surface area contributed by atoms with Crippen molar-refractivity contribution in [2.75, 3.05) is 12.3 Å². The number of aromatic amines is 1. The summed E-state index contributed by atoms with van der Waals surface area (Å²) in [6.07, 6.45) is 8.33. The zero-order valence-corrected chi connectivity index (χ0v) is 11.2. The highest BCUT2D eigenvalue weighted by Gasteiger charge is 2.21. The number of hydrogen-bond acceptors (Lipinski definition) is 3. The van der Waals surface area contributed by atoms with Crippen molar-refractivity contribution in [3.8, 4) is 0 Å². The Hall–Kier alpha value is -1.94. The number of allylic oxidation sites excluding steroid dienone is 2. The highest BCUT2D eigenvalue weighted by molar-refractivity contribution is 7.98. The van der Waals surface area contributed by atoms with Crippen molar-refractivity contribution in [2.24, 2.45) is 4.40 Å². The number of rotatable bonds is 1. The van der Waals surface area contributed by atoms with Crippen LogP contribution in [0.15, 0.2) is 53.2 Å². The molecular weight excluding hydrogens is 254 g/mol. The molecule has 0 radical (unpaired) electrons. The molecule has 3 nitrogen and oxygen atoms in total. The lowest BCUT2D eigenvalue weighted by molar-refractivity contribution is 0.594. The molecule has 19 heavy (non-hydrogen) atoms. The number of fused-ring (bicyclic) bond motifs is 2. The summed E-state index contributed by atoms with van der Waals surface area (Å²) in [5.41, 5.74) is 3.60. The Kier molecular flexibility index (Phi) is 2.48. The van der Waals surface area contributed by atoms with Gasteiger partial charge < -0.3 is 9.88 Å². The van der Waals surface area contributed by atoms with E-state index in [1.54, 1.807) is 11.9 Å².